The van der Waals surface area contributed by atoms with Crippen LogP contribution in [0.2, 0.25) is 0 Å². The van der Waals surface area contributed by atoms with Crippen LogP contribution in [0.3, 0.4) is 0 Å². The fourth-order valence-electron chi connectivity index (χ4n) is 8.19. The molecule has 0 saturated heterocycles. The lowest BCUT2D eigenvalue weighted by Gasteiger charge is -2.20. The van der Waals surface area contributed by atoms with E-state index in [-0.39, 0.29) is 36.0 Å². The number of benzene rings is 8. The van der Waals surface area contributed by atoms with E-state index in [1.54, 1.807) is 60.8 Å². The van der Waals surface area contributed by atoms with Gasteiger partial charge in [-0.25, -0.2) is 0 Å². The SMILES string of the molecule is [2H]C([2H])(CC(Oc1ccc(C(F)(F)F)cc1)c1ccccc1)NC.[2H][C@@](CCC)(Oc1cccc2ccccc12)c1cccs1.[2H]c1c([2H])c([2H])c(C(CCNC)Oc2ccc(C(F)(F)F)cc2)c([2H])c1[2H].[2H]c1cccc(C(CCNC)Oc2ccc(C(F)(F)F)cc2)c1. The van der Waals surface area contributed by atoms with Gasteiger partial charge in [-0.15, -0.1) is 11.3 Å². The molecule has 0 aliphatic carbocycles. The standard InChI is InChI=1S/C18H18OS.3C17H18F3NO/c1-2-7-17(18-12-6-13-20-18)19-16-11-5-9-14-8-3-4-10-15(14)16;3*1-21-12-11-16(13-5-3-2-4-6-13)22-15-9-7-14(8-10-15)17(18,19)20/h3-6,8-13,17H,2,7H2,1H3;3*2-10,16,21H,11-12H2,1H3/t17-;;;/m0.../s1/i17D;2D,3D,4D,5D,6D;12D2;3D. The third-order valence-corrected chi connectivity index (χ3v) is 13.4. The molecule has 9 aromatic rings. The largest absolute Gasteiger partial charge is 0.486 e. The first kappa shape index (κ1) is 54.8. The Balaban J connectivity index is 0.000000201. The van der Waals surface area contributed by atoms with Gasteiger partial charge in [0, 0.05) is 32.3 Å². The molecule has 456 valence electrons. The molecule has 0 spiro atoms. The maximum atomic E-state index is 12.7. The minimum absolute atomic E-state index is 0.00847. The summed E-state index contributed by atoms with van der Waals surface area (Å²) in [5, 5.41) is 12.7. The number of ether oxygens (including phenoxy) is 4. The Morgan fingerprint density at radius 3 is 1.38 bits per heavy atom. The van der Waals surface area contributed by atoms with E-state index in [1.165, 1.54) is 31.3 Å². The zero-order chi connectivity index (χ0) is 69.7. The van der Waals surface area contributed by atoms with Crippen LogP contribution in [0.15, 0.2) is 224 Å². The highest BCUT2D eigenvalue weighted by Crippen LogP contribution is 2.37. The fourth-order valence-corrected chi connectivity index (χ4v) is 8.93. The van der Waals surface area contributed by atoms with Gasteiger partial charge in [-0.3, -0.25) is 0 Å². The maximum absolute atomic E-state index is 12.7. The minimum atomic E-state index is -4.48. The average molecular weight is 1220 g/mol. The summed E-state index contributed by atoms with van der Waals surface area (Å²) in [6.45, 7) is 1.51. The molecule has 1 heterocycles. The normalized spacial score (nSPS) is 14.8. The van der Waals surface area contributed by atoms with Gasteiger partial charge in [0.05, 0.1) is 26.3 Å². The van der Waals surface area contributed by atoms with E-state index in [0.717, 1.165) is 87.5 Å². The van der Waals surface area contributed by atoms with Crippen molar-refractivity contribution in [3.63, 3.8) is 0 Å². The Hall–Kier alpha value is -7.83. The van der Waals surface area contributed by atoms with Gasteiger partial charge in [-0.2, -0.15) is 39.5 Å². The molecule has 17 heteroatoms. The average Bonchev–Trinajstić information content (AvgIpc) is 0.996. The third kappa shape index (κ3) is 22.2. The van der Waals surface area contributed by atoms with Crippen molar-refractivity contribution in [1.29, 1.82) is 0 Å². The molecule has 0 aliphatic rings. The summed E-state index contributed by atoms with van der Waals surface area (Å²) in [4.78, 5) is 0.956. The Kier molecular flexibility index (Phi) is 21.9. The third-order valence-electron chi connectivity index (χ3n) is 12.5. The number of alkyl halides is 9. The second-order valence-corrected chi connectivity index (χ2v) is 19.8. The predicted molar refractivity (Wildman–Crippen MR) is 326 cm³/mol. The molecule has 0 amide bonds. The molecule has 0 fully saturated rings. The number of nitrogens with one attached hydrogen (secondary N) is 3. The van der Waals surface area contributed by atoms with Gasteiger partial charge in [-0.05, 0) is 160 Å². The quantitative estimate of drug-likeness (QED) is 0.0551. The lowest BCUT2D eigenvalue weighted by molar-refractivity contribution is -0.138. The van der Waals surface area contributed by atoms with E-state index in [1.807, 2.05) is 67.0 Å². The van der Waals surface area contributed by atoms with Crippen molar-refractivity contribution in [3.8, 4) is 23.0 Å². The summed E-state index contributed by atoms with van der Waals surface area (Å²) in [5.41, 5.74) is -0.744. The van der Waals surface area contributed by atoms with Crippen molar-refractivity contribution >= 4 is 22.1 Å². The van der Waals surface area contributed by atoms with E-state index in [9.17, 15) is 39.5 Å². The molecule has 86 heavy (non-hydrogen) atoms. The molecule has 0 radical (unpaired) electrons. The molecule has 0 bridgehead atoms. The molecule has 1 aromatic heterocycles. The van der Waals surface area contributed by atoms with E-state index in [4.69, 9.17) is 31.3 Å². The van der Waals surface area contributed by atoms with Crippen LogP contribution in [0.5, 0.6) is 23.0 Å². The molecule has 3 unspecified atom stereocenters. The smallest absolute Gasteiger partial charge is 0.416 e. The second-order valence-electron chi connectivity index (χ2n) is 18.8. The molecule has 9 rings (SSSR count). The number of hydrogen-bond donors (Lipinski definition) is 3. The second kappa shape index (κ2) is 34.3. The van der Waals surface area contributed by atoms with Crippen molar-refractivity contribution in [1.82, 2.24) is 16.0 Å². The summed E-state index contributed by atoms with van der Waals surface area (Å²) in [5.74, 6) is 1.51. The number of thiophene rings is 1. The van der Waals surface area contributed by atoms with Crippen LogP contribution in [0.25, 0.3) is 10.8 Å². The molecule has 0 aliphatic heterocycles. The molecular weight excluding hydrogens is 1140 g/mol. The lowest BCUT2D eigenvalue weighted by Crippen LogP contribution is -2.16. The number of rotatable bonds is 23. The summed E-state index contributed by atoms with van der Waals surface area (Å²) >= 11 is 1.58. The van der Waals surface area contributed by atoms with Crippen molar-refractivity contribution in [2.45, 2.75) is 81.9 Å². The Labute approximate surface area is 514 Å². The van der Waals surface area contributed by atoms with Crippen LogP contribution in [-0.2, 0) is 18.5 Å². The summed E-state index contributed by atoms with van der Waals surface area (Å²) in [6.07, 6.45) is -13.6. The maximum Gasteiger partial charge on any atom is 0.416 e. The Morgan fingerprint density at radius 1 is 0.453 bits per heavy atom. The molecule has 3 N–H and O–H groups in total. The zero-order valence-electron chi connectivity index (χ0n) is 56.5. The summed E-state index contributed by atoms with van der Waals surface area (Å²) < 4.78 is 209. The van der Waals surface area contributed by atoms with E-state index >= 15 is 0 Å². The highest BCUT2D eigenvalue weighted by atomic mass is 32.1. The lowest BCUT2D eigenvalue weighted by atomic mass is 10.1. The van der Waals surface area contributed by atoms with Crippen molar-refractivity contribution in [2.24, 2.45) is 0 Å². The highest BCUT2D eigenvalue weighted by Gasteiger charge is 2.32. The van der Waals surface area contributed by atoms with Gasteiger partial charge in [0.15, 0.2) is 0 Å². The summed E-state index contributed by atoms with van der Waals surface area (Å²) in [6, 6.07) is 45.2. The predicted octanol–water partition coefficient (Wildman–Crippen LogP) is 19.1. The van der Waals surface area contributed by atoms with E-state index in [0.29, 0.717) is 37.7 Å². The monoisotopic (exact) mass is 1220 g/mol. The minimum Gasteiger partial charge on any atom is -0.486 e. The van der Waals surface area contributed by atoms with Crippen LogP contribution < -0.4 is 34.9 Å². The van der Waals surface area contributed by atoms with Crippen LogP contribution in [0.4, 0.5) is 39.5 Å². The molecule has 7 nitrogen and oxygen atoms in total. The Morgan fingerprint density at radius 2 is 0.919 bits per heavy atom. The van der Waals surface area contributed by atoms with E-state index in [2.05, 4.69) is 35.0 Å². The van der Waals surface area contributed by atoms with E-state index < -0.39 is 90.2 Å². The van der Waals surface area contributed by atoms with Gasteiger partial charge in [0.25, 0.3) is 0 Å². The first-order valence-electron chi connectivity index (χ1n) is 31.8. The fraction of sp³-hybridized carbons (Fsp3) is 0.275. The van der Waals surface area contributed by atoms with Crippen LogP contribution in [0, 0.1) is 0 Å². The zero-order valence-corrected chi connectivity index (χ0v) is 48.3. The first-order chi connectivity index (χ1) is 44.9. The number of hydrogen-bond acceptors (Lipinski definition) is 8. The van der Waals surface area contributed by atoms with Crippen LogP contribution in [-0.4, -0.2) is 40.7 Å². The van der Waals surface area contributed by atoms with Crippen molar-refractivity contribution in [3.05, 3.63) is 262 Å². The number of halogens is 9. The molecular formula is C69H72F9N3O4S. The van der Waals surface area contributed by atoms with Gasteiger partial charge in [-0.1, -0.05) is 147 Å². The van der Waals surface area contributed by atoms with Gasteiger partial charge in [0.1, 0.15) is 47.4 Å². The van der Waals surface area contributed by atoms with Crippen LogP contribution >= 0.6 is 11.3 Å². The van der Waals surface area contributed by atoms with Crippen LogP contribution in [0.1, 0.15) is 114 Å². The van der Waals surface area contributed by atoms with Gasteiger partial charge in [0.2, 0.25) is 0 Å². The summed E-state index contributed by atoms with van der Waals surface area (Å²) in [7, 11) is 4.99. The van der Waals surface area contributed by atoms with Crippen molar-refractivity contribution in [2.75, 3.05) is 40.7 Å². The first-order valence-corrected chi connectivity index (χ1v) is 28.2. The number of fused-ring (bicyclic) bond motifs is 1. The molecule has 0 saturated carbocycles. The molecule has 8 aromatic carbocycles. The van der Waals surface area contributed by atoms with Gasteiger partial charge < -0.3 is 34.9 Å². The highest BCUT2D eigenvalue weighted by molar-refractivity contribution is 7.10. The van der Waals surface area contributed by atoms with Crippen molar-refractivity contribution < 1.29 is 70.8 Å². The van der Waals surface area contributed by atoms with Gasteiger partial charge >= 0.3 is 18.5 Å². The Bertz CT molecular complexity index is 3770. The topological polar surface area (TPSA) is 73.0 Å². The molecule has 4 atom stereocenters.